The molecule has 6 heavy (non-hydrogen) atoms. The second-order valence-electron chi connectivity index (χ2n) is 0.289. The van der Waals surface area contributed by atoms with Gasteiger partial charge in [-0.15, -0.1) is 0 Å². The molecular formula is AlBGdO3. The van der Waals surface area contributed by atoms with E-state index >= 15 is 0 Å². The molecule has 0 saturated carbocycles. The van der Waals surface area contributed by atoms with Gasteiger partial charge in [-0.2, -0.15) is 0 Å². The maximum atomic E-state index is 8.42. The maximum absolute atomic E-state index is 8.42. The molecule has 0 N–H and O–H groups in total. The van der Waals surface area contributed by atoms with Crippen molar-refractivity contribution in [1.82, 2.24) is 0 Å². The second-order valence-corrected chi connectivity index (χ2v) is 0.289. The van der Waals surface area contributed by atoms with Crippen molar-refractivity contribution in [1.29, 1.82) is 0 Å². The molecular weight excluding hydrogens is 243 g/mol. The van der Waals surface area contributed by atoms with Gasteiger partial charge in [0.05, 0.1) is 0 Å². The summed E-state index contributed by atoms with van der Waals surface area (Å²) in [7, 11) is -2.92. The summed E-state index contributed by atoms with van der Waals surface area (Å²) < 4.78 is 0. The Labute approximate surface area is 78.7 Å². The Morgan fingerprint density at radius 2 is 1.00 bits per heavy atom. The topological polar surface area (TPSA) is 69.2 Å². The molecule has 0 aromatic heterocycles. The van der Waals surface area contributed by atoms with Crippen LogP contribution in [0.25, 0.3) is 0 Å². The minimum Gasteiger partial charge on any atom is -0.907 e. The van der Waals surface area contributed by atoms with Gasteiger partial charge in [0.25, 0.3) is 0 Å². The van der Waals surface area contributed by atoms with Crippen LogP contribution in [0.15, 0.2) is 0 Å². The van der Waals surface area contributed by atoms with Crippen LogP contribution < -0.4 is 15.1 Å². The molecule has 3 nitrogen and oxygen atoms in total. The Hall–Kier alpha value is 1.80. The first kappa shape index (κ1) is 15.7. The summed E-state index contributed by atoms with van der Waals surface area (Å²) in [5, 5.41) is 25.2. The van der Waals surface area contributed by atoms with Crippen LogP contribution in [-0.2, 0) is 0 Å². The zero-order chi connectivity index (χ0) is 3.58. The third kappa shape index (κ3) is 41.2. The average Bonchev–Trinajstić information content (AvgIpc) is 0.811. The first-order valence-corrected chi connectivity index (χ1v) is 0.707. The minimum atomic E-state index is -2.92. The van der Waals surface area contributed by atoms with Gasteiger partial charge in [-0.25, -0.2) is 0 Å². The second kappa shape index (κ2) is 9.93. The molecule has 32 valence electrons. The molecule has 0 bridgehead atoms. The monoisotopic (exact) mass is 244 g/mol. The van der Waals surface area contributed by atoms with Crippen LogP contribution in [0.2, 0.25) is 0 Å². The van der Waals surface area contributed by atoms with Gasteiger partial charge in [0, 0.05) is 39.9 Å². The van der Waals surface area contributed by atoms with Crippen LogP contribution in [0.1, 0.15) is 0 Å². The van der Waals surface area contributed by atoms with Crippen molar-refractivity contribution in [3.05, 3.63) is 0 Å². The van der Waals surface area contributed by atoms with Crippen LogP contribution in [-0.4, -0.2) is 24.7 Å². The van der Waals surface area contributed by atoms with Gasteiger partial charge in [-0.3, -0.25) is 7.32 Å². The smallest absolute Gasteiger partial charge is 0.907 e. The Morgan fingerprint density at radius 1 is 1.00 bits per heavy atom. The van der Waals surface area contributed by atoms with Crippen molar-refractivity contribution in [2.45, 2.75) is 0 Å². The predicted octanol–water partition coefficient (Wildman–Crippen LogP) is -4.33. The molecule has 0 aromatic rings. The Kier molecular flexibility index (Phi) is 25.9. The van der Waals surface area contributed by atoms with E-state index in [1.165, 1.54) is 0 Å². The van der Waals surface area contributed by atoms with Crippen molar-refractivity contribution in [3.8, 4) is 0 Å². The van der Waals surface area contributed by atoms with E-state index in [1.807, 2.05) is 0 Å². The first-order valence-electron chi connectivity index (χ1n) is 0.707. The molecule has 0 aliphatic rings. The van der Waals surface area contributed by atoms with Crippen LogP contribution in [0.3, 0.4) is 0 Å². The van der Waals surface area contributed by atoms with Gasteiger partial charge in [0.1, 0.15) is 0 Å². The molecule has 0 aliphatic carbocycles. The third-order valence-corrected chi connectivity index (χ3v) is 0. The van der Waals surface area contributed by atoms with Crippen molar-refractivity contribution in [2.24, 2.45) is 0 Å². The number of rotatable bonds is 0. The van der Waals surface area contributed by atoms with E-state index in [-0.39, 0.29) is 57.3 Å². The van der Waals surface area contributed by atoms with Crippen LogP contribution in [0.4, 0.5) is 0 Å². The van der Waals surface area contributed by atoms with Gasteiger partial charge in [-0.05, 0) is 0 Å². The molecule has 0 fully saturated rings. The Bertz CT molecular complexity index is 15.5. The van der Waals surface area contributed by atoms with Gasteiger partial charge >= 0.3 is 17.4 Å². The fraction of sp³-hybridized carbons (Fsp3) is 0. The van der Waals surface area contributed by atoms with E-state index in [9.17, 15) is 0 Å². The summed E-state index contributed by atoms with van der Waals surface area (Å²) >= 11 is 0. The Balaban J connectivity index is -0.0000000450. The van der Waals surface area contributed by atoms with Crippen molar-refractivity contribution in [2.75, 3.05) is 0 Å². The molecule has 0 aliphatic heterocycles. The molecule has 0 saturated heterocycles. The van der Waals surface area contributed by atoms with E-state index in [1.54, 1.807) is 0 Å². The molecule has 0 heterocycles. The molecule has 0 unspecified atom stereocenters. The third-order valence-electron chi connectivity index (χ3n) is 0. The molecule has 0 atom stereocenters. The molecule has 0 amide bonds. The molecule has 0 aromatic carbocycles. The van der Waals surface area contributed by atoms with Crippen molar-refractivity contribution >= 4 is 24.7 Å². The van der Waals surface area contributed by atoms with E-state index in [0.717, 1.165) is 0 Å². The van der Waals surface area contributed by atoms with E-state index in [2.05, 4.69) is 0 Å². The zero-order valence-electron chi connectivity index (χ0n) is 2.73. The van der Waals surface area contributed by atoms with E-state index in [0.29, 0.717) is 0 Å². The summed E-state index contributed by atoms with van der Waals surface area (Å²) in [6.07, 6.45) is 0. The first-order chi connectivity index (χ1) is 1.73. The normalized spacial score (nSPS) is 4.50. The van der Waals surface area contributed by atoms with Gasteiger partial charge < -0.3 is 15.1 Å². The van der Waals surface area contributed by atoms with E-state index < -0.39 is 7.32 Å². The van der Waals surface area contributed by atoms with Gasteiger partial charge in [0.15, 0.2) is 0 Å². The van der Waals surface area contributed by atoms with Gasteiger partial charge in [0.2, 0.25) is 0 Å². The molecule has 0 spiro atoms. The zero-order valence-corrected chi connectivity index (χ0v) is 6.16. The quantitative estimate of drug-likeness (QED) is 0.404. The largest absolute Gasteiger partial charge is 3.00 e. The summed E-state index contributed by atoms with van der Waals surface area (Å²) in [6, 6.07) is 0. The summed E-state index contributed by atoms with van der Waals surface area (Å²) in [6.45, 7) is 0. The van der Waals surface area contributed by atoms with E-state index in [4.69, 9.17) is 15.1 Å². The minimum absolute atomic E-state index is 0. The van der Waals surface area contributed by atoms with Crippen LogP contribution in [0, 0.1) is 39.9 Å². The maximum Gasteiger partial charge on any atom is 3.00 e. The summed E-state index contributed by atoms with van der Waals surface area (Å²) in [5.74, 6) is 0. The number of hydrogen-bond acceptors (Lipinski definition) is 3. The molecule has 6 heteroatoms. The number of hydrogen-bond donors (Lipinski definition) is 0. The molecule has 0 rings (SSSR count). The van der Waals surface area contributed by atoms with Gasteiger partial charge in [-0.1, -0.05) is 0 Å². The fourth-order valence-electron chi connectivity index (χ4n) is 0. The van der Waals surface area contributed by atoms with Crippen LogP contribution in [0.5, 0.6) is 0 Å². The van der Waals surface area contributed by atoms with Crippen LogP contribution >= 0.6 is 0 Å². The summed E-state index contributed by atoms with van der Waals surface area (Å²) in [4.78, 5) is 0. The van der Waals surface area contributed by atoms with Crippen molar-refractivity contribution < 1.29 is 55.0 Å². The SMILES string of the molecule is [Al+3].[Gd].[O-]B([O-])[O-]. The van der Waals surface area contributed by atoms with Crippen molar-refractivity contribution in [3.63, 3.8) is 0 Å². The standard InChI is InChI=1S/Al.BO3.Gd/c;2-1(3)4;/q+3;-3;. The average molecular weight is 243 g/mol. The molecule has 0 radical (unpaired) electrons. The summed E-state index contributed by atoms with van der Waals surface area (Å²) in [5.41, 5.74) is 0. The predicted molar refractivity (Wildman–Crippen MR) is 11.5 cm³/mol. The Morgan fingerprint density at radius 3 is 1.00 bits per heavy atom. The fourth-order valence-corrected chi connectivity index (χ4v) is 0.